The van der Waals surface area contributed by atoms with E-state index in [1.165, 1.54) is 0 Å². The molecule has 0 aromatic carbocycles. The summed E-state index contributed by atoms with van der Waals surface area (Å²) >= 11 is 3.24. The highest BCUT2D eigenvalue weighted by molar-refractivity contribution is 8.01. The molecule has 1 heterocycles. The monoisotopic (exact) mass is 285 g/mol. The highest BCUT2D eigenvalue weighted by atomic mass is 32.2. The molecule has 0 amide bonds. The second kappa shape index (κ2) is 8.29. The topological polar surface area (TPSA) is 64.8 Å². The molecular weight excluding hydrogens is 266 g/mol. The van der Waals surface area contributed by atoms with Crippen LogP contribution in [-0.2, 0) is 0 Å². The first-order valence-electron chi connectivity index (χ1n) is 5.94. The van der Waals surface area contributed by atoms with Crippen LogP contribution in [0.3, 0.4) is 0 Å². The number of nitrogens with zero attached hydrogens (tertiary/aromatic N) is 4. The summed E-state index contributed by atoms with van der Waals surface area (Å²) in [5, 5.41) is 21.3. The number of hydrogen-bond acceptors (Lipinski definition) is 7. The second-order valence-corrected chi connectivity index (χ2v) is 6.32. The molecule has 7 heteroatoms. The highest BCUT2D eigenvalue weighted by Crippen LogP contribution is 2.27. The molecule has 0 spiro atoms. The van der Waals surface area contributed by atoms with Crippen LogP contribution < -0.4 is 10.2 Å². The average molecular weight is 285 g/mol. The lowest BCUT2D eigenvalue weighted by molar-refractivity contribution is 0.585. The molecule has 100 valence electrons. The maximum Gasteiger partial charge on any atom is 0.208 e. The van der Waals surface area contributed by atoms with Gasteiger partial charge in [-0.15, -0.1) is 10.2 Å². The van der Waals surface area contributed by atoms with Crippen molar-refractivity contribution >= 4 is 28.2 Å². The Kier molecular flexibility index (Phi) is 7.01. The third-order valence-electron chi connectivity index (χ3n) is 2.21. The Morgan fingerprint density at radius 1 is 1.50 bits per heavy atom. The van der Waals surface area contributed by atoms with Gasteiger partial charge in [0.25, 0.3) is 0 Å². The Hall–Kier alpha value is -0.840. The van der Waals surface area contributed by atoms with Crippen molar-refractivity contribution < 1.29 is 0 Å². The van der Waals surface area contributed by atoms with Crippen LogP contribution in [0.15, 0.2) is 4.34 Å². The summed E-state index contributed by atoms with van der Waals surface area (Å²) in [5.41, 5.74) is 0. The molecule has 0 fully saturated rings. The molecule has 1 aromatic rings. The molecule has 0 aliphatic heterocycles. The van der Waals surface area contributed by atoms with Crippen LogP contribution in [0, 0.1) is 11.3 Å². The van der Waals surface area contributed by atoms with Crippen LogP contribution in [0.2, 0.25) is 0 Å². The predicted molar refractivity (Wildman–Crippen MR) is 77.3 cm³/mol. The van der Waals surface area contributed by atoms with Crippen molar-refractivity contribution in [1.82, 2.24) is 15.5 Å². The van der Waals surface area contributed by atoms with Crippen molar-refractivity contribution in [2.45, 2.75) is 30.1 Å². The van der Waals surface area contributed by atoms with Crippen molar-refractivity contribution in [3.05, 3.63) is 0 Å². The van der Waals surface area contributed by atoms with E-state index in [0.717, 1.165) is 34.6 Å². The van der Waals surface area contributed by atoms with Gasteiger partial charge in [-0.1, -0.05) is 30.0 Å². The molecule has 5 nitrogen and oxygen atoms in total. The van der Waals surface area contributed by atoms with Crippen LogP contribution in [0.5, 0.6) is 0 Å². The van der Waals surface area contributed by atoms with E-state index in [1.54, 1.807) is 23.1 Å². The van der Waals surface area contributed by atoms with E-state index in [9.17, 15) is 0 Å². The van der Waals surface area contributed by atoms with Gasteiger partial charge in [0.05, 0.1) is 12.1 Å². The zero-order valence-corrected chi connectivity index (χ0v) is 12.6. The Labute approximate surface area is 117 Å². The second-order valence-electron chi connectivity index (χ2n) is 4.02. The van der Waals surface area contributed by atoms with Crippen molar-refractivity contribution in [3.8, 4) is 6.07 Å². The fourth-order valence-electron chi connectivity index (χ4n) is 1.24. The molecule has 1 unspecified atom stereocenters. The average Bonchev–Trinajstić information content (AvgIpc) is 2.82. The molecule has 0 saturated carbocycles. The van der Waals surface area contributed by atoms with Gasteiger partial charge in [-0.2, -0.15) is 5.26 Å². The smallest absolute Gasteiger partial charge is 0.208 e. The SMILES string of the molecule is CCCNC(C#N)CCSc1nnc(N(C)C)s1. The molecule has 1 N–H and O–H groups in total. The maximum absolute atomic E-state index is 8.97. The Morgan fingerprint density at radius 2 is 2.28 bits per heavy atom. The highest BCUT2D eigenvalue weighted by Gasteiger charge is 2.09. The van der Waals surface area contributed by atoms with Gasteiger partial charge in [0.15, 0.2) is 4.34 Å². The standard InChI is InChI=1S/C11H19N5S2/c1-4-6-13-9(8-12)5-7-17-11-15-14-10(18-11)16(2)3/h9,13H,4-7H2,1-3H3. The van der Waals surface area contributed by atoms with Gasteiger partial charge in [-0.3, -0.25) is 0 Å². The van der Waals surface area contributed by atoms with Gasteiger partial charge in [-0.05, 0) is 19.4 Å². The molecular formula is C11H19N5S2. The molecule has 1 rings (SSSR count). The fraction of sp³-hybridized carbons (Fsp3) is 0.727. The molecule has 1 aromatic heterocycles. The van der Waals surface area contributed by atoms with Gasteiger partial charge in [0.2, 0.25) is 5.13 Å². The van der Waals surface area contributed by atoms with Crippen LogP contribution in [0.1, 0.15) is 19.8 Å². The van der Waals surface area contributed by atoms with Gasteiger partial charge in [-0.25, -0.2) is 0 Å². The number of aromatic nitrogens is 2. The number of thioether (sulfide) groups is 1. The molecule has 1 atom stereocenters. The fourth-order valence-corrected chi connectivity index (χ4v) is 3.07. The number of nitrogens with one attached hydrogen (secondary N) is 1. The van der Waals surface area contributed by atoms with Gasteiger partial charge < -0.3 is 10.2 Å². The largest absolute Gasteiger partial charge is 0.353 e. The third-order valence-corrected chi connectivity index (χ3v) is 4.46. The van der Waals surface area contributed by atoms with E-state index < -0.39 is 0 Å². The van der Waals surface area contributed by atoms with Gasteiger partial charge in [0.1, 0.15) is 0 Å². The normalized spacial score (nSPS) is 12.1. The Bertz CT molecular complexity index is 385. The molecule has 0 saturated heterocycles. The minimum atomic E-state index is -0.0568. The minimum absolute atomic E-state index is 0.0568. The lowest BCUT2D eigenvalue weighted by Crippen LogP contribution is -2.28. The van der Waals surface area contributed by atoms with Crippen molar-refractivity contribution in [1.29, 1.82) is 5.26 Å². The predicted octanol–water partition coefficient (Wildman–Crippen LogP) is 1.98. The number of rotatable bonds is 8. The Morgan fingerprint density at radius 3 is 2.83 bits per heavy atom. The van der Waals surface area contributed by atoms with Crippen molar-refractivity contribution in [2.75, 3.05) is 31.3 Å². The number of nitriles is 1. The molecule has 0 radical (unpaired) electrons. The van der Waals surface area contributed by atoms with E-state index in [2.05, 4.69) is 28.5 Å². The summed E-state index contributed by atoms with van der Waals surface area (Å²) in [4.78, 5) is 1.95. The summed E-state index contributed by atoms with van der Waals surface area (Å²) in [6.07, 6.45) is 1.88. The molecule has 0 aliphatic rings. The van der Waals surface area contributed by atoms with E-state index in [0.29, 0.717) is 0 Å². The van der Waals surface area contributed by atoms with E-state index in [4.69, 9.17) is 5.26 Å². The minimum Gasteiger partial charge on any atom is -0.353 e. The summed E-state index contributed by atoms with van der Waals surface area (Å²) in [6, 6.07) is 2.22. The molecule has 18 heavy (non-hydrogen) atoms. The lowest BCUT2D eigenvalue weighted by Gasteiger charge is -2.09. The van der Waals surface area contributed by atoms with E-state index >= 15 is 0 Å². The van der Waals surface area contributed by atoms with E-state index in [-0.39, 0.29) is 6.04 Å². The van der Waals surface area contributed by atoms with Crippen LogP contribution in [0.25, 0.3) is 0 Å². The van der Waals surface area contributed by atoms with Gasteiger partial charge in [0, 0.05) is 19.8 Å². The first-order chi connectivity index (χ1) is 8.67. The zero-order valence-electron chi connectivity index (χ0n) is 11.0. The third kappa shape index (κ3) is 5.21. The van der Waals surface area contributed by atoms with Crippen LogP contribution >= 0.6 is 23.1 Å². The quantitative estimate of drug-likeness (QED) is 0.737. The summed E-state index contributed by atoms with van der Waals surface area (Å²) < 4.78 is 0.964. The summed E-state index contributed by atoms with van der Waals surface area (Å²) in [5.74, 6) is 0.886. The van der Waals surface area contributed by atoms with Crippen molar-refractivity contribution in [3.63, 3.8) is 0 Å². The van der Waals surface area contributed by atoms with Gasteiger partial charge >= 0.3 is 0 Å². The van der Waals surface area contributed by atoms with Crippen LogP contribution in [0.4, 0.5) is 5.13 Å². The summed E-state index contributed by atoms with van der Waals surface area (Å²) in [7, 11) is 3.91. The maximum atomic E-state index is 8.97. The summed E-state index contributed by atoms with van der Waals surface area (Å²) in [6.45, 7) is 2.99. The molecule has 0 aliphatic carbocycles. The zero-order chi connectivity index (χ0) is 13.4. The molecule has 0 bridgehead atoms. The Balaban J connectivity index is 2.29. The number of hydrogen-bond donors (Lipinski definition) is 1. The lowest BCUT2D eigenvalue weighted by atomic mass is 10.2. The first-order valence-corrected chi connectivity index (χ1v) is 7.74. The number of anilines is 1. The first kappa shape index (κ1) is 15.2. The van der Waals surface area contributed by atoms with Crippen LogP contribution in [-0.4, -0.2) is 42.6 Å². The van der Waals surface area contributed by atoms with E-state index in [1.807, 2.05) is 19.0 Å². The van der Waals surface area contributed by atoms with Crippen molar-refractivity contribution in [2.24, 2.45) is 0 Å².